The van der Waals surface area contributed by atoms with Crippen LogP contribution >= 0.6 is 11.8 Å². The zero-order valence-electron chi connectivity index (χ0n) is 15.2. The van der Waals surface area contributed by atoms with Crippen LogP contribution < -0.4 is 5.32 Å². The number of carbonyl (C=O) groups excluding carboxylic acids is 1. The van der Waals surface area contributed by atoms with Crippen molar-refractivity contribution in [2.75, 3.05) is 13.1 Å². The number of nitrogens with two attached hydrogens (primary N) is 1. The monoisotopic (exact) mass is 383 g/mol. The average Bonchev–Trinajstić information content (AvgIpc) is 3.18. The molecule has 0 spiro atoms. The molecule has 1 heterocycles. The molecule has 3 rings (SSSR count). The molecule has 2 aromatic rings. The lowest BCUT2D eigenvalue weighted by atomic mass is 10.2. The maximum absolute atomic E-state index is 12.4. The van der Waals surface area contributed by atoms with Gasteiger partial charge in [0.05, 0.1) is 6.07 Å². The Morgan fingerprint density at radius 3 is 2.56 bits per heavy atom. The summed E-state index contributed by atoms with van der Waals surface area (Å²) in [6, 6.07) is 18.2. The predicted molar refractivity (Wildman–Crippen MR) is 105 cm³/mol. The number of amides is 1. The van der Waals surface area contributed by atoms with Gasteiger partial charge in [-0.05, 0) is 25.0 Å². The van der Waals surface area contributed by atoms with Crippen LogP contribution in [0.5, 0.6) is 0 Å². The van der Waals surface area contributed by atoms with Gasteiger partial charge in [-0.25, -0.2) is 0 Å². The first-order chi connectivity index (χ1) is 13.2. The summed E-state index contributed by atoms with van der Waals surface area (Å²) in [6.07, 6.45) is 1.70. The highest BCUT2D eigenvalue weighted by atomic mass is 32.2. The minimum absolute atomic E-state index is 0.0451. The lowest BCUT2D eigenvalue weighted by Crippen LogP contribution is -2.85. The van der Waals surface area contributed by atoms with Crippen molar-refractivity contribution in [3.05, 3.63) is 59.7 Å². The van der Waals surface area contributed by atoms with Gasteiger partial charge in [0.15, 0.2) is 13.2 Å². The molecule has 6 heteroatoms. The maximum Gasteiger partial charge on any atom is 0.278 e. The van der Waals surface area contributed by atoms with E-state index >= 15 is 0 Å². The van der Waals surface area contributed by atoms with Crippen LogP contribution in [0.25, 0.3) is 0 Å². The van der Waals surface area contributed by atoms with Gasteiger partial charge < -0.3 is 15.3 Å². The van der Waals surface area contributed by atoms with Crippen LogP contribution in [-0.4, -0.2) is 35.0 Å². The molecule has 1 fully saturated rings. The SMILES string of the molecule is N#C[C@@H]1CCCN1C(=O)C[NH2+]Cc1ccccc1Sc1ccccc1C[OH2+]. The first-order valence-electron chi connectivity index (χ1n) is 9.22. The highest BCUT2D eigenvalue weighted by molar-refractivity contribution is 7.99. The van der Waals surface area contributed by atoms with Crippen molar-refractivity contribution in [1.29, 1.82) is 5.26 Å². The lowest BCUT2D eigenvalue weighted by Gasteiger charge is -2.18. The Balaban J connectivity index is 1.61. The van der Waals surface area contributed by atoms with E-state index in [2.05, 4.69) is 18.2 Å². The van der Waals surface area contributed by atoms with E-state index in [0.717, 1.165) is 28.2 Å². The quantitative estimate of drug-likeness (QED) is 0.738. The standard InChI is InChI=1S/C21H23N3O2S/c22-12-18-8-5-11-24(18)21(26)14-23-13-16-6-1-3-9-19(16)27-20-10-4-2-7-17(20)15-25/h1-4,6-7,9-10,18,23,25H,5,8,11,13-15H2/p+2/t18-/m0/s1. The molecule has 5 nitrogen and oxygen atoms in total. The molecule has 0 unspecified atom stereocenters. The van der Waals surface area contributed by atoms with E-state index in [-0.39, 0.29) is 18.6 Å². The third kappa shape index (κ3) is 4.89. The molecule has 4 N–H and O–H groups in total. The zero-order chi connectivity index (χ0) is 19.1. The van der Waals surface area contributed by atoms with Gasteiger partial charge >= 0.3 is 0 Å². The van der Waals surface area contributed by atoms with Crippen molar-refractivity contribution in [1.82, 2.24) is 4.90 Å². The van der Waals surface area contributed by atoms with E-state index < -0.39 is 0 Å². The number of carbonyl (C=O) groups is 1. The summed E-state index contributed by atoms with van der Waals surface area (Å²) in [7, 11) is 0. The Kier molecular flexibility index (Phi) is 6.88. The molecular formula is C21H25N3O2S+2. The Labute approximate surface area is 164 Å². The minimum Gasteiger partial charge on any atom is -0.442 e. The van der Waals surface area contributed by atoms with Gasteiger partial charge in [0.1, 0.15) is 12.6 Å². The van der Waals surface area contributed by atoms with E-state index in [1.807, 2.05) is 41.7 Å². The van der Waals surface area contributed by atoms with E-state index in [4.69, 9.17) is 10.4 Å². The lowest BCUT2D eigenvalue weighted by molar-refractivity contribution is -0.660. The fraction of sp³-hybridized carbons (Fsp3) is 0.333. The number of hydrogen-bond donors (Lipinski definition) is 1. The van der Waals surface area contributed by atoms with Crippen molar-refractivity contribution in [3.63, 3.8) is 0 Å². The molecule has 0 radical (unpaired) electrons. The fourth-order valence-electron chi connectivity index (χ4n) is 3.31. The Bertz CT molecular complexity index is 834. The molecule has 140 valence electrons. The van der Waals surface area contributed by atoms with E-state index in [1.54, 1.807) is 16.7 Å². The number of hydrogen-bond acceptors (Lipinski definition) is 3. The van der Waals surface area contributed by atoms with Gasteiger partial charge in [-0.1, -0.05) is 48.2 Å². The topological polar surface area (TPSA) is 83.6 Å². The van der Waals surface area contributed by atoms with Gasteiger partial charge in [0.25, 0.3) is 5.91 Å². The van der Waals surface area contributed by atoms with Crippen molar-refractivity contribution in [2.45, 2.75) is 41.8 Å². The van der Waals surface area contributed by atoms with Crippen LogP contribution in [0.4, 0.5) is 0 Å². The molecule has 0 bridgehead atoms. The van der Waals surface area contributed by atoms with Crippen LogP contribution in [0, 0.1) is 11.3 Å². The average molecular weight is 384 g/mol. The van der Waals surface area contributed by atoms with Crippen LogP contribution in [0.2, 0.25) is 0 Å². The Morgan fingerprint density at radius 2 is 1.85 bits per heavy atom. The third-order valence-electron chi connectivity index (χ3n) is 4.76. The summed E-state index contributed by atoms with van der Waals surface area (Å²) in [4.78, 5) is 16.3. The van der Waals surface area contributed by atoms with Crippen LogP contribution in [0.3, 0.4) is 0 Å². The summed E-state index contributed by atoms with van der Waals surface area (Å²) in [5, 5.41) is 18.8. The summed E-state index contributed by atoms with van der Waals surface area (Å²) in [5.74, 6) is 0.0451. The van der Waals surface area contributed by atoms with Gasteiger partial charge in [-0.3, -0.25) is 4.79 Å². The zero-order valence-corrected chi connectivity index (χ0v) is 16.0. The number of benzene rings is 2. The normalized spacial score (nSPS) is 16.3. The highest BCUT2D eigenvalue weighted by Gasteiger charge is 2.29. The van der Waals surface area contributed by atoms with Crippen LogP contribution in [-0.2, 0) is 17.9 Å². The number of likely N-dealkylation sites (tertiary alicyclic amines) is 1. The molecule has 1 saturated heterocycles. The Hall–Kier alpha value is -2.33. The van der Waals surface area contributed by atoms with E-state index in [1.165, 1.54) is 5.56 Å². The van der Waals surface area contributed by atoms with E-state index in [9.17, 15) is 4.79 Å². The second-order valence-electron chi connectivity index (χ2n) is 6.57. The minimum atomic E-state index is -0.255. The molecular weight excluding hydrogens is 358 g/mol. The summed E-state index contributed by atoms with van der Waals surface area (Å²) < 4.78 is 0. The van der Waals surface area contributed by atoms with Crippen molar-refractivity contribution in [2.24, 2.45) is 0 Å². The molecule has 2 aromatic carbocycles. The van der Waals surface area contributed by atoms with Crippen molar-refractivity contribution in [3.8, 4) is 6.07 Å². The summed E-state index contributed by atoms with van der Waals surface area (Å²) >= 11 is 1.68. The molecule has 27 heavy (non-hydrogen) atoms. The molecule has 0 aromatic heterocycles. The predicted octanol–water partition coefficient (Wildman–Crippen LogP) is 1.64. The number of nitrogens with zero attached hydrogens (tertiary/aromatic N) is 2. The molecule has 1 atom stereocenters. The maximum atomic E-state index is 12.4. The molecule has 0 saturated carbocycles. The van der Waals surface area contributed by atoms with Gasteiger partial charge in [-0.2, -0.15) is 5.26 Å². The third-order valence-corrected chi connectivity index (χ3v) is 6.00. The van der Waals surface area contributed by atoms with Crippen molar-refractivity contribution >= 4 is 17.7 Å². The van der Waals surface area contributed by atoms with Crippen LogP contribution in [0.1, 0.15) is 24.0 Å². The first-order valence-corrected chi connectivity index (χ1v) is 10.0. The largest absolute Gasteiger partial charge is 0.442 e. The highest BCUT2D eigenvalue weighted by Crippen LogP contribution is 2.32. The number of nitriles is 1. The molecule has 1 aliphatic heterocycles. The van der Waals surface area contributed by atoms with E-state index in [0.29, 0.717) is 19.6 Å². The Morgan fingerprint density at radius 1 is 1.19 bits per heavy atom. The van der Waals surface area contributed by atoms with Crippen molar-refractivity contribution < 1.29 is 15.2 Å². The molecule has 0 aliphatic carbocycles. The summed E-state index contributed by atoms with van der Waals surface area (Å²) in [5.41, 5.74) is 2.20. The first kappa shape index (κ1) is 19.4. The summed E-state index contributed by atoms with van der Waals surface area (Å²) in [6.45, 7) is 2.03. The second kappa shape index (κ2) is 9.56. The van der Waals surface area contributed by atoms with Gasteiger partial charge in [0, 0.05) is 27.5 Å². The second-order valence-corrected chi connectivity index (χ2v) is 7.65. The van der Waals surface area contributed by atoms with Gasteiger partial charge in [-0.15, -0.1) is 0 Å². The number of quaternary nitrogens is 1. The molecule has 1 amide bonds. The molecule has 1 aliphatic rings. The number of rotatable bonds is 7. The smallest absolute Gasteiger partial charge is 0.278 e. The fourth-order valence-corrected chi connectivity index (χ4v) is 4.39. The van der Waals surface area contributed by atoms with Crippen LogP contribution in [0.15, 0.2) is 58.3 Å². The van der Waals surface area contributed by atoms with Gasteiger partial charge in [0.2, 0.25) is 0 Å².